The summed E-state index contributed by atoms with van der Waals surface area (Å²) in [6, 6.07) is 13.9. The number of rotatable bonds is 3. The van der Waals surface area contributed by atoms with Crippen molar-refractivity contribution in [2.45, 2.75) is 6.92 Å². The SMILES string of the molecule is CC(=O)Nc1nc(-c2cccnc2)c(-c2ccccc2)s1. The molecule has 0 fully saturated rings. The molecule has 104 valence electrons. The Bertz CT molecular complexity index is 697. The van der Waals surface area contributed by atoms with Crippen LogP contribution in [-0.2, 0) is 4.79 Å². The third-order valence-corrected chi connectivity index (χ3v) is 3.90. The average molecular weight is 295 g/mol. The zero-order valence-electron chi connectivity index (χ0n) is 11.4. The number of benzene rings is 1. The fourth-order valence-electron chi connectivity index (χ4n) is 2.01. The highest BCUT2D eigenvalue weighted by molar-refractivity contribution is 7.19. The normalized spacial score (nSPS) is 10.3. The van der Waals surface area contributed by atoms with E-state index in [0.717, 1.165) is 21.7 Å². The molecule has 0 aliphatic heterocycles. The third kappa shape index (κ3) is 2.98. The van der Waals surface area contributed by atoms with Crippen LogP contribution in [0.25, 0.3) is 21.7 Å². The van der Waals surface area contributed by atoms with E-state index >= 15 is 0 Å². The van der Waals surface area contributed by atoms with Crippen LogP contribution in [0.5, 0.6) is 0 Å². The van der Waals surface area contributed by atoms with Gasteiger partial charge in [-0.25, -0.2) is 4.98 Å². The van der Waals surface area contributed by atoms with Crippen LogP contribution < -0.4 is 5.32 Å². The van der Waals surface area contributed by atoms with Gasteiger partial charge in [0.15, 0.2) is 5.13 Å². The maximum Gasteiger partial charge on any atom is 0.223 e. The molecular formula is C16H13N3OS. The number of hydrogen-bond acceptors (Lipinski definition) is 4. The summed E-state index contributed by atoms with van der Waals surface area (Å²) in [5.41, 5.74) is 2.85. The second kappa shape index (κ2) is 5.85. The number of nitrogens with zero attached hydrogens (tertiary/aromatic N) is 2. The standard InChI is InChI=1S/C16H13N3OS/c1-11(20)18-16-19-14(13-8-5-9-17-10-13)15(21-16)12-6-3-2-4-7-12/h2-10H,1H3,(H,18,19,20). The minimum atomic E-state index is -0.124. The summed E-state index contributed by atoms with van der Waals surface area (Å²) in [5, 5.41) is 3.35. The Hall–Kier alpha value is -2.53. The molecule has 0 saturated carbocycles. The Balaban J connectivity index is 2.13. The molecule has 0 aliphatic rings. The van der Waals surface area contributed by atoms with Crippen molar-refractivity contribution in [2.24, 2.45) is 0 Å². The van der Waals surface area contributed by atoms with Crippen molar-refractivity contribution in [3.63, 3.8) is 0 Å². The van der Waals surface area contributed by atoms with Gasteiger partial charge in [-0.3, -0.25) is 9.78 Å². The van der Waals surface area contributed by atoms with Crippen LogP contribution >= 0.6 is 11.3 Å². The highest BCUT2D eigenvalue weighted by Gasteiger charge is 2.15. The molecule has 0 radical (unpaired) electrons. The van der Waals surface area contributed by atoms with Crippen molar-refractivity contribution in [1.29, 1.82) is 0 Å². The van der Waals surface area contributed by atoms with Gasteiger partial charge in [-0.05, 0) is 17.7 Å². The second-order valence-corrected chi connectivity index (χ2v) is 5.48. The lowest BCUT2D eigenvalue weighted by atomic mass is 10.1. The summed E-state index contributed by atoms with van der Waals surface area (Å²) in [6.45, 7) is 1.48. The highest BCUT2D eigenvalue weighted by atomic mass is 32.1. The Kier molecular flexibility index (Phi) is 3.75. The van der Waals surface area contributed by atoms with Gasteiger partial charge in [0.25, 0.3) is 0 Å². The average Bonchev–Trinajstić information content (AvgIpc) is 2.92. The molecule has 0 spiro atoms. The van der Waals surface area contributed by atoms with Crippen molar-refractivity contribution in [3.8, 4) is 21.7 Å². The Morgan fingerprint density at radius 1 is 1.10 bits per heavy atom. The van der Waals surface area contributed by atoms with Gasteiger partial charge >= 0.3 is 0 Å². The fraction of sp³-hybridized carbons (Fsp3) is 0.0625. The number of amides is 1. The zero-order chi connectivity index (χ0) is 14.7. The van der Waals surface area contributed by atoms with Crippen molar-refractivity contribution < 1.29 is 4.79 Å². The van der Waals surface area contributed by atoms with E-state index in [1.54, 1.807) is 12.4 Å². The fourth-order valence-corrected chi connectivity index (χ4v) is 3.05. The molecule has 3 aromatic rings. The molecule has 21 heavy (non-hydrogen) atoms. The predicted molar refractivity (Wildman–Crippen MR) is 85.1 cm³/mol. The molecule has 2 heterocycles. The maximum atomic E-state index is 11.2. The van der Waals surface area contributed by atoms with E-state index in [-0.39, 0.29) is 5.91 Å². The van der Waals surface area contributed by atoms with Crippen LogP contribution in [0.2, 0.25) is 0 Å². The minimum absolute atomic E-state index is 0.124. The minimum Gasteiger partial charge on any atom is -0.302 e. The molecule has 0 saturated heterocycles. The number of carbonyl (C=O) groups excluding carboxylic acids is 1. The van der Waals surface area contributed by atoms with Crippen LogP contribution in [-0.4, -0.2) is 15.9 Å². The smallest absolute Gasteiger partial charge is 0.223 e. The van der Waals surface area contributed by atoms with Gasteiger partial charge in [-0.1, -0.05) is 41.7 Å². The summed E-state index contributed by atoms with van der Waals surface area (Å²) < 4.78 is 0. The molecule has 0 bridgehead atoms. The molecule has 0 aliphatic carbocycles. The third-order valence-electron chi connectivity index (χ3n) is 2.88. The van der Waals surface area contributed by atoms with Gasteiger partial charge in [-0.2, -0.15) is 0 Å². The number of carbonyl (C=O) groups is 1. The summed E-state index contributed by atoms with van der Waals surface area (Å²) in [4.78, 5) is 21.0. The Morgan fingerprint density at radius 2 is 1.86 bits per heavy atom. The second-order valence-electron chi connectivity index (χ2n) is 4.49. The largest absolute Gasteiger partial charge is 0.302 e. The van der Waals surface area contributed by atoms with Gasteiger partial charge in [0.2, 0.25) is 5.91 Å². The van der Waals surface area contributed by atoms with E-state index < -0.39 is 0 Å². The summed E-state index contributed by atoms with van der Waals surface area (Å²) in [6.07, 6.45) is 3.51. The van der Waals surface area contributed by atoms with E-state index in [2.05, 4.69) is 15.3 Å². The maximum absolute atomic E-state index is 11.2. The molecule has 2 aromatic heterocycles. The molecule has 0 unspecified atom stereocenters. The monoisotopic (exact) mass is 295 g/mol. The van der Waals surface area contributed by atoms with Crippen LogP contribution in [0.1, 0.15) is 6.92 Å². The predicted octanol–water partition coefficient (Wildman–Crippen LogP) is 3.83. The van der Waals surface area contributed by atoms with E-state index in [4.69, 9.17) is 0 Å². The Morgan fingerprint density at radius 3 is 2.52 bits per heavy atom. The summed E-state index contributed by atoms with van der Waals surface area (Å²) in [5.74, 6) is -0.124. The summed E-state index contributed by atoms with van der Waals surface area (Å²) in [7, 11) is 0. The lowest BCUT2D eigenvalue weighted by molar-refractivity contribution is -0.114. The van der Waals surface area contributed by atoms with Crippen LogP contribution in [0, 0.1) is 0 Å². The van der Waals surface area contributed by atoms with Crippen molar-refractivity contribution in [3.05, 3.63) is 54.9 Å². The van der Waals surface area contributed by atoms with Crippen molar-refractivity contribution in [1.82, 2.24) is 9.97 Å². The molecule has 4 nitrogen and oxygen atoms in total. The lowest BCUT2D eigenvalue weighted by Crippen LogP contribution is -2.04. The number of thiazole rings is 1. The van der Waals surface area contributed by atoms with Crippen LogP contribution in [0.3, 0.4) is 0 Å². The summed E-state index contributed by atoms with van der Waals surface area (Å²) >= 11 is 1.46. The lowest BCUT2D eigenvalue weighted by Gasteiger charge is -2.01. The molecule has 1 amide bonds. The topological polar surface area (TPSA) is 54.9 Å². The highest BCUT2D eigenvalue weighted by Crippen LogP contribution is 2.38. The number of nitrogens with one attached hydrogen (secondary N) is 1. The molecule has 1 aromatic carbocycles. The quantitative estimate of drug-likeness (QED) is 0.799. The van der Waals surface area contributed by atoms with Gasteiger partial charge in [-0.15, -0.1) is 0 Å². The van der Waals surface area contributed by atoms with Gasteiger partial charge in [0.1, 0.15) is 0 Å². The first-order valence-corrected chi connectivity index (χ1v) is 7.30. The van der Waals surface area contributed by atoms with Gasteiger partial charge in [0, 0.05) is 24.9 Å². The zero-order valence-corrected chi connectivity index (χ0v) is 12.2. The van der Waals surface area contributed by atoms with E-state index in [1.165, 1.54) is 18.3 Å². The first kappa shape index (κ1) is 13.5. The van der Waals surface area contributed by atoms with Gasteiger partial charge < -0.3 is 5.32 Å². The Labute approximate surface area is 126 Å². The molecule has 0 atom stereocenters. The van der Waals surface area contributed by atoms with Gasteiger partial charge in [0.05, 0.1) is 10.6 Å². The first-order valence-electron chi connectivity index (χ1n) is 6.48. The van der Waals surface area contributed by atoms with Crippen molar-refractivity contribution in [2.75, 3.05) is 5.32 Å². The molecule has 1 N–H and O–H groups in total. The molecular weight excluding hydrogens is 282 g/mol. The van der Waals surface area contributed by atoms with Crippen LogP contribution in [0.4, 0.5) is 5.13 Å². The van der Waals surface area contributed by atoms with Crippen molar-refractivity contribution >= 4 is 22.4 Å². The number of hydrogen-bond donors (Lipinski definition) is 1. The molecule has 3 rings (SSSR count). The first-order chi connectivity index (χ1) is 10.2. The number of anilines is 1. The number of pyridine rings is 1. The van der Waals surface area contributed by atoms with E-state index in [1.807, 2.05) is 42.5 Å². The van der Waals surface area contributed by atoms with Crippen LogP contribution in [0.15, 0.2) is 54.9 Å². The number of aromatic nitrogens is 2. The van der Waals surface area contributed by atoms with E-state index in [9.17, 15) is 4.79 Å². The van der Waals surface area contributed by atoms with E-state index in [0.29, 0.717) is 5.13 Å². The molecule has 5 heteroatoms.